The molecule has 1 saturated heterocycles. The van der Waals surface area contributed by atoms with Crippen molar-refractivity contribution in [2.24, 2.45) is 0 Å². The lowest BCUT2D eigenvalue weighted by atomic mass is 10.2. The number of halogens is 1. The van der Waals surface area contributed by atoms with Gasteiger partial charge in [0.25, 0.3) is 5.69 Å². The average Bonchev–Trinajstić information content (AvgIpc) is 2.56. The molecule has 1 fully saturated rings. The third-order valence-corrected chi connectivity index (χ3v) is 4.09. The molecule has 2 aromatic carbocycles. The molecule has 0 saturated carbocycles. The van der Waals surface area contributed by atoms with Gasteiger partial charge in [0.2, 0.25) is 0 Å². The molecule has 0 atom stereocenters. The predicted molar refractivity (Wildman–Crippen MR) is 87.0 cm³/mol. The Morgan fingerprint density at radius 2 is 1.74 bits per heavy atom. The number of nitro groups is 1. The normalized spacial score (nSPS) is 15.6. The highest BCUT2D eigenvalue weighted by molar-refractivity contribution is 5.51. The zero-order chi connectivity index (χ0) is 16.2. The molecule has 0 spiro atoms. The maximum absolute atomic E-state index is 13.2. The summed E-state index contributed by atoms with van der Waals surface area (Å²) in [6.07, 6.45) is 0. The summed E-state index contributed by atoms with van der Waals surface area (Å²) in [6, 6.07) is 13.4. The quantitative estimate of drug-likeness (QED) is 0.643. The molecule has 23 heavy (non-hydrogen) atoms. The summed E-state index contributed by atoms with van der Waals surface area (Å²) in [5.74, 6) is -0.202. The minimum Gasteiger partial charge on any atom is -0.369 e. The zero-order valence-electron chi connectivity index (χ0n) is 12.7. The summed E-state index contributed by atoms with van der Waals surface area (Å²) in [5.41, 5.74) is 2.09. The van der Waals surface area contributed by atoms with Gasteiger partial charge in [-0.2, -0.15) is 0 Å². The second-order valence-corrected chi connectivity index (χ2v) is 5.67. The largest absolute Gasteiger partial charge is 0.369 e. The van der Waals surface area contributed by atoms with Crippen molar-refractivity contribution in [3.8, 4) is 0 Å². The second kappa shape index (κ2) is 6.75. The van der Waals surface area contributed by atoms with E-state index in [2.05, 4.69) is 9.80 Å². The fourth-order valence-corrected chi connectivity index (χ4v) is 2.84. The fourth-order valence-electron chi connectivity index (χ4n) is 2.84. The van der Waals surface area contributed by atoms with Gasteiger partial charge >= 0.3 is 0 Å². The van der Waals surface area contributed by atoms with Crippen LogP contribution in [0.3, 0.4) is 0 Å². The number of rotatable bonds is 4. The Morgan fingerprint density at radius 1 is 1.04 bits per heavy atom. The van der Waals surface area contributed by atoms with Crippen LogP contribution in [0.4, 0.5) is 15.8 Å². The van der Waals surface area contributed by atoms with Crippen LogP contribution in [-0.4, -0.2) is 36.0 Å². The molecule has 3 rings (SSSR count). The Balaban J connectivity index is 1.56. The SMILES string of the molecule is O=[N+]([O-])c1ccc(N2CCN(Cc3cccc(F)c3)CC2)cc1. The highest BCUT2D eigenvalue weighted by Gasteiger charge is 2.18. The van der Waals surface area contributed by atoms with Crippen molar-refractivity contribution in [2.75, 3.05) is 31.1 Å². The van der Waals surface area contributed by atoms with E-state index in [0.29, 0.717) is 0 Å². The maximum Gasteiger partial charge on any atom is 0.269 e. The smallest absolute Gasteiger partial charge is 0.269 e. The summed E-state index contributed by atoms with van der Waals surface area (Å²) < 4.78 is 13.2. The molecule has 5 nitrogen and oxygen atoms in total. The van der Waals surface area contributed by atoms with Crippen LogP contribution in [0.25, 0.3) is 0 Å². The summed E-state index contributed by atoms with van der Waals surface area (Å²) in [4.78, 5) is 14.8. The Kier molecular flexibility index (Phi) is 4.52. The first-order valence-electron chi connectivity index (χ1n) is 7.58. The third-order valence-electron chi connectivity index (χ3n) is 4.09. The molecule has 0 N–H and O–H groups in total. The number of hydrogen-bond donors (Lipinski definition) is 0. The molecule has 1 aliphatic heterocycles. The van der Waals surface area contributed by atoms with Gasteiger partial charge in [-0.1, -0.05) is 12.1 Å². The molecule has 0 aliphatic carbocycles. The molecular weight excluding hydrogens is 297 g/mol. The van der Waals surface area contributed by atoms with Crippen LogP contribution in [-0.2, 0) is 6.54 Å². The number of anilines is 1. The number of non-ortho nitro benzene ring substituents is 1. The van der Waals surface area contributed by atoms with E-state index in [9.17, 15) is 14.5 Å². The van der Waals surface area contributed by atoms with Gasteiger partial charge in [0.1, 0.15) is 5.82 Å². The molecule has 0 radical (unpaired) electrons. The summed E-state index contributed by atoms with van der Waals surface area (Å²) in [7, 11) is 0. The van der Waals surface area contributed by atoms with Crippen LogP contribution < -0.4 is 4.90 Å². The molecule has 6 heteroatoms. The van der Waals surface area contributed by atoms with E-state index in [0.717, 1.165) is 44.0 Å². The Bertz CT molecular complexity index is 682. The maximum atomic E-state index is 13.2. The van der Waals surface area contributed by atoms with Crippen LogP contribution in [0, 0.1) is 15.9 Å². The van der Waals surface area contributed by atoms with Gasteiger partial charge in [-0.05, 0) is 29.8 Å². The summed E-state index contributed by atoms with van der Waals surface area (Å²) >= 11 is 0. The minimum atomic E-state index is -0.388. The first-order chi connectivity index (χ1) is 11.1. The van der Waals surface area contributed by atoms with Crippen LogP contribution in [0.5, 0.6) is 0 Å². The summed E-state index contributed by atoms with van der Waals surface area (Å²) in [6.45, 7) is 4.22. The van der Waals surface area contributed by atoms with Gasteiger partial charge in [-0.25, -0.2) is 4.39 Å². The minimum absolute atomic E-state index is 0.110. The van der Waals surface area contributed by atoms with Crippen LogP contribution in [0.2, 0.25) is 0 Å². The van der Waals surface area contributed by atoms with Gasteiger partial charge in [0.15, 0.2) is 0 Å². The highest BCUT2D eigenvalue weighted by Crippen LogP contribution is 2.21. The van der Waals surface area contributed by atoms with Gasteiger partial charge in [-0.3, -0.25) is 15.0 Å². The lowest BCUT2D eigenvalue weighted by molar-refractivity contribution is -0.384. The number of piperazine rings is 1. The van der Waals surface area contributed by atoms with Crippen molar-refractivity contribution in [2.45, 2.75) is 6.54 Å². The topological polar surface area (TPSA) is 49.6 Å². The molecule has 1 aliphatic rings. The Morgan fingerprint density at radius 3 is 2.35 bits per heavy atom. The van der Waals surface area contributed by atoms with Crippen molar-refractivity contribution in [3.05, 3.63) is 70.0 Å². The average molecular weight is 315 g/mol. The van der Waals surface area contributed by atoms with Crippen molar-refractivity contribution >= 4 is 11.4 Å². The van der Waals surface area contributed by atoms with Gasteiger partial charge in [0.05, 0.1) is 4.92 Å². The molecule has 0 aromatic heterocycles. The standard InChI is InChI=1S/C17H18FN3O2/c18-15-3-1-2-14(12-15)13-19-8-10-20(11-9-19)16-4-6-17(7-5-16)21(22)23/h1-7,12H,8-11,13H2. The first kappa shape index (κ1) is 15.4. The van der Waals surface area contributed by atoms with E-state index < -0.39 is 0 Å². The zero-order valence-corrected chi connectivity index (χ0v) is 12.7. The molecule has 120 valence electrons. The van der Waals surface area contributed by atoms with Crippen molar-refractivity contribution in [1.82, 2.24) is 4.90 Å². The van der Waals surface area contributed by atoms with E-state index in [4.69, 9.17) is 0 Å². The number of benzene rings is 2. The van der Waals surface area contributed by atoms with Crippen molar-refractivity contribution in [3.63, 3.8) is 0 Å². The third kappa shape index (κ3) is 3.84. The van der Waals surface area contributed by atoms with E-state index >= 15 is 0 Å². The second-order valence-electron chi connectivity index (χ2n) is 5.67. The molecule has 0 bridgehead atoms. The molecule has 0 unspecified atom stereocenters. The number of nitro benzene ring substituents is 1. The fraction of sp³-hybridized carbons (Fsp3) is 0.294. The Labute approximate surface area is 134 Å². The number of nitrogens with zero attached hydrogens (tertiary/aromatic N) is 3. The van der Waals surface area contributed by atoms with E-state index in [1.165, 1.54) is 18.2 Å². The van der Waals surface area contributed by atoms with E-state index in [-0.39, 0.29) is 16.4 Å². The van der Waals surface area contributed by atoms with Crippen LogP contribution >= 0.6 is 0 Å². The molecule has 0 amide bonds. The van der Waals surface area contributed by atoms with Crippen LogP contribution in [0.15, 0.2) is 48.5 Å². The molecule has 2 aromatic rings. The lowest BCUT2D eigenvalue weighted by Gasteiger charge is -2.36. The van der Waals surface area contributed by atoms with Crippen molar-refractivity contribution < 1.29 is 9.31 Å². The van der Waals surface area contributed by atoms with Gasteiger partial charge in [0, 0.05) is 50.5 Å². The monoisotopic (exact) mass is 315 g/mol. The van der Waals surface area contributed by atoms with Gasteiger partial charge in [-0.15, -0.1) is 0 Å². The highest BCUT2D eigenvalue weighted by atomic mass is 19.1. The first-order valence-corrected chi connectivity index (χ1v) is 7.58. The molecular formula is C17H18FN3O2. The summed E-state index contributed by atoms with van der Waals surface area (Å²) in [5, 5.41) is 10.7. The predicted octanol–water partition coefficient (Wildman–Crippen LogP) is 3.06. The van der Waals surface area contributed by atoms with Gasteiger partial charge < -0.3 is 4.90 Å². The van der Waals surface area contributed by atoms with Crippen molar-refractivity contribution in [1.29, 1.82) is 0 Å². The van der Waals surface area contributed by atoms with Crippen LogP contribution in [0.1, 0.15) is 5.56 Å². The lowest BCUT2D eigenvalue weighted by Crippen LogP contribution is -2.45. The van der Waals surface area contributed by atoms with E-state index in [1.807, 2.05) is 6.07 Å². The Hall–Kier alpha value is -2.47. The molecule has 1 heterocycles. The van der Waals surface area contributed by atoms with E-state index in [1.54, 1.807) is 24.3 Å². The number of hydrogen-bond acceptors (Lipinski definition) is 4.